The molecule has 3 heterocycles. The molecule has 0 radical (unpaired) electrons. The van der Waals surface area contributed by atoms with Gasteiger partial charge < -0.3 is 79.9 Å². The number of aliphatic hydroxyl groups is 11. The van der Waals surface area contributed by atoms with Crippen LogP contribution in [0.1, 0.15) is 0 Å². The SMILES string of the molecule is OC[C@H]1O[C@H](O[C@H]2[C@@H](O[C@]3(CO)O[C@H](CO)[C@@H](O)[C@@H]3O)O[C@H](CO)[C@@H](O)[C@@H]2O)[C@H]([16OH])[C@@H](O)[C@H]1O. The molecule has 0 aromatic carbocycles. The van der Waals surface area contributed by atoms with Crippen molar-refractivity contribution in [1.29, 1.82) is 0 Å². The topological polar surface area (TPSA) is 269 Å². The van der Waals surface area contributed by atoms with Crippen molar-refractivity contribution in [3.8, 4) is 0 Å². The molecular formula is C18H32O16. The summed E-state index contributed by atoms with van der Waals surface area (Å²) in [7, 11) is 0. The molecular weight excluding hydrogens is 472 g/mol. The lowest BCUT2D eigenvalue weighted by molar-refractivity contribution is -0.408. The Labute approximate surface area is 192 Å². The van der Waals surface area contributed by atoms with Crippen molar-refractivity contribution in [2.24, 2.45) is 0 Å². The van der Waals surface area contributed by atoms with Gasteiger partial charge in [0, 0.05) is 0 Å². The van der Waals surface area contributed by atoms with Crippen molar-refractivity contribution >= 4 is 0 Å². The molecule has 200 valence electrons. The fraction of sp³-hybridized carbons (Fsp3) is 1.00. The summed E-state index contributed by atoms with van der Waals surface area (Å²) in [5.74, 6) is -2.41. The summed E-state index contributed by atoms with van der Waals surface area (Å²) in [6.07, 6.45) is -22.4. The number of ether oxygens (including phenoxy) is 5. The maximum atomic E-state index is 10.6. The average molecular weight is 504 g/mol. The van der Waals surface area contributed by atoms with Crippen LogP contribution in [0, 0.1) is 0 Å². The minimum Gasteiger partial charge on any atom is -0.394 e. The zero-order chi connectivity index (χ0) is 25.4. The third-order valence-corrected chi connectivity index (χ3v) is 6.19. The monoisotopic (exact) mass is 504 g/mol. The van der Waals surface area contributed by atoms with Gasteiger partial charge in [-0.25, -0.2) is 0 Å². The molecule has 16 heteroatoms. The summed E-state index contributed by atoms with van der Waals surface area (Å²) in [6, 6.07) is 0. The van der Waals surface area contributed by atoms with Gasteiger partial charge >= 0.3 is 0 Å². The van der Waals surface area contributed by atoms with Crippen molar-refractivity contribution in [2.75, 3.05) is 26.4 Å². The van der Waals surface area contributed by atoms with Crippen LogP contribution in [0.3, 0.4) is 0 Å². The molecule has 14 atom stereocenters. The molecule has 0 saturated carbocycles. The molecule has 0 spiro atoms. The first-order chi connectivity index (χ1) is 16.0. The molecule has 0 bridgehead atoms. The van der Waals surface area contributed by atoms with Gasteiger partial charge in [-0.15, -0.1) is 0 Å². The Morgan fingerprint density at radius 3 is 1.62 bits per heavy atom. The normalized spacial score (nSPS) is 52.1. The molecule has 3 aliphatic heterocycles. The molecule has 0 amide bonds. The Bertz CT molecular complexity index is 653. The van der Waals surface area contributed by atoms with E-state index in [4.69, 9.17) is 23.7 Å². The third kappa shape index (κ3) is 4.96. The molecule has 0 unspecified atom stereocenters. The van der Waals surface area contributed by atoms with Crippen LogP contribution in [0.15, 0.2) is 0 Å². The first-order valence-corrected chi connectivity index (χ1v) is 10.6. The minimum atomic E-state index is -2.41. The van der Waals surface area contributed by atoms with Gasteiger partial charge in [0.25, 0.3) is 0 Å². The first kappa shape index (κ1) is 27.9. The van der Waals surface area contributed by atoms with E-state index in [-0.39, 0.29) is 0 Å². The second-order valence-corrected chi connectivity index (χ2v) is 8.37. The molecule has 16 nitrogen and oxygen atoms in total. The van der Waals surface area contributed by atoms with E-state index >= 15 is 0 Å². The van der Waals surface area contributed by atoms with Crippen LogP contribution in [-0.2, 0) is 23.7 Å². The molecule has 11 N–H and O–H groups in total. The molecule has 3 saturated heterocycles. The van der Waals surface area contributed by atoms with Crippen molar-refractivity contribution in [3.63, 3.8) is 0 Å². The van der Waals surface area contributed by atoms with Gasteiger partial charge in [-0.2, -0.15) is 0 Å². The van der Waals surface area contributed by atoms with E-state index in [0.717, 1.165) is 0 Å². The van der Waals surface area contributed by atoms with Gasteiger partial charge in [0.15, 0.2) is 12.6 Å². The molecule has 3 rings (SSSR count). The lowest BCUT2D eigenvalue weighted by Crippen LogP contribution is -2.66. The number of rotatable bonds is 8. The standard InChI is InChI=1S/C18H32O16/c19-1-5-8(23)11(26)13(28)16(30-5)32-14-12(27)9(24)6(2-20)31-17(14)34-18(4-22)15(29)10(25)7(3-21)33-18/h5-17,19-29H,1-4H2/t5-,6-,7-,8+,9-,10-,11+,12+,13-,14-,15+,16-,17-,18+/m1/s1/i28+0. The van der Waals surface area contributed by atoms with Crippen LogP contribution < -0.4 is 0 Å². The Morgan fingerprint density at radius 2 is 1.12 bits per heavy atom. The number of hydrogen-bond donors (Lipinski definition) is 11. The summed E-state index contributed by atoms with van der Waals surface area (Å²) in [5.41, 5.74) is 0. The summed E-state index contributed by atoms with van der Waals surface area (Å²) < 4.78 is 26.9. The fourth-order valence-corrected chi connectivity index (χ4v) is 4.10. The Hall–Kier alpha value is -0.640. The average Bonchev–Trinajstić information content (AvgIpc) is 3.08. The van der Waals surface area contributed by atoms with Crippen molar-refractivity contribution in [2.45, 2.75) is 85.5 Å². The quantitative estimate of drug-likeness (QED) is 0.146. The highest BCUT2D eigenvalue weighted by Crippen LogP contribution is 2.37. The van der Waals surface area contributed by atoms with Crippen LogP contribution in [0.25, 0.3) is 0 Å². The summed E-state index contributed by atoms with van der Waals surface area (Å²) in [6.45, 7) is -3.45. The molecule has 0 aliphatic carbocycles. The zero-order valence-electron chi connectivity index (χ0n) is 17.8. The number of aliphatic hydroxyl groups excluding tert-OH is 11. The Kier molecular flexibility index (Phi) is 9.18. The maximum absolute atomic E-state index is 10.6. The van der Waals surface area contributed by atoms with Crippen LogP contribution in [0.4, 0.5) is 0 Å². The third-order valence-electron chi connectivity index (χ3n) is 6.19. The van der Waals surface area contributed by atoms with Gasteiger partial charge in [0.05, 0.1) is 19.8 Å². The van der Waals surface area contributed by atoms with Crippen LogP contribution in [-0.4, -0.2) is 168 Å². The Morgan fingerprint density at radius 1 is 0.588 bits per heavy atom. The Balaban J connectivity index is 1.87. The van der Waals surface area contributed by atoms with Gasteiger partial charge in [-0.05, 0) is 0 Å². The first-order valence-electron chi connectivity index (χ1n) is 10.6. The van der Waals surface area contributed by atoms with Gasteiger partial charge in [-0.3, -0.25) is 0 Å². The lowest BCUT2D eigenvalue weighted by Gasteiger charge is -2.47. The van der Waals surface area contributed by atoms with E-state index in [1.165, 1.54) is 0 Å². The van der Waals surface area contributed by atoms with Crippen molar-refractivity contribution < 1.29 is 79.9 Å². The molecule has 0 aromatic rings. The van der Waals surface area contributed by atoms with E-state index in [2.05, 4.69) is 0 Å². The van der Waals surface area contributed by atoms with Crippen LogP contribution in [0.5, 0.6) is 0 Å². The zero-order valence-corrected chi connectivity index (χ0v) is 17.8. The van der Waals surface area contributed by atoms with E-state index in [1.807, 2.05) is 0 Å². The van der Waals surface area contributed by atoms with Gasteiger partial charge in [0.2, 0.25) is 5.79 Å². The molecule has 3 aliphatic rings. The second-order valence-electron chi connectivity index (χ2n) is 8.37. The highest BCUT2D eigenvalue weighted by atomic mass is 16.8. The van der Waals surface area contributed by atoms with Gasteiger partial charge in [-0.1, -0.05) is 0 Å². The fourth-order valence-electron chi connectivity index (χ4n) is 4.10. The van der Waals surface area contributed by atoms with E-state index in [1.54, 1.807) is 0 Å². The highest BCUT2D eigenvalue weighted by molar-refractivity contribution is 4.99. The van der Waals surface area contributed by atoms with E-state index in [9.17, 15) is 56.2 Å². The van der Waals surface area contributed by atoms with E-state index in [0.29, 0.717) is 0 Å². The van der Waals surface area contributed by atoms with E-state index < -0.39 is 112 Å². The van der Waals surface area contributed by atoms with Crippen molar-refractivity contribution in [1.82, 2.24) is 0 Å². The highest BCUT2D eigenvalue weighted by Gasteiger charge is 2.59. The predicted octanol–water partition coefficient (Wildman–Crippen LogP) is -7.57. The summed E-state index contributed by atoms with van der Waals surface area (Å²) in [5, 5.41) is 109. The smallest absolute Gasteiger partial charge is 0.224 e. The largest absolute Gasteiger partial charge is 0.394 e. The number of hydrogen-bond acceptors (Lipinski definition) is 16. The van der Waals surface area contributed by atoms with Crippen LogP contribution >= 0.6 is 0 Å². The molecule has 3 fully saturated rings. The molecule has 34 heavy (non-hydrogen) atoms. The maximum Gasteiger partial charge on any atom is 0.224 e. The summed E-state index contributed by atoms with van der Waals surface area (Å²) in [4.78, 5) is 0. The lowest BCUT2D eigenvalue weighted by atomic mass is 9.97. The van der Waals surface area contributed by atoms with Crippen LogP contribution in [0.2, 0.25) is 0 Å². The van der Waals surface area contributed by atoms with Gasteiger partial charge in [0.1, 0.15) is 73.8 Å². The summed E-state index contributed by atoms with van der Waals surface area (Å²) >= 11 is 0. The second kappa shape index (κ2) is 11.2. The van der Waals surface area contributed by atoms with Crippen molar-refractivity contribution in [3.05, 3.63) is 0 Å². The molecule has 0 aromatic heterocycles. The minimum absolute atomic E-state index is 0.764. The predicted molar refractivity (Wildman–Crippen MR) is 101 cm³/mol.